The minimum Gasteiger partial charge on any atom is -0.492 e. The Morgan fingerprint density at radius 2 is 1.94 bits per heavy atom. The maximum atomic E-state index is 11.6. The van der Waals surface area contributed by atoms with Crippen LogP contribution in [0, 0.1) is 0 Å². The molecular weight excluding hydrogens is 230 g/mol. The first kappa shape index (κ1) is 12.5. The highest BCUT2D eigenvalue weighted by atomic mass is 16.5. The molecule has 5 nitrogen and oxygen atoms in total. The van der Waals surface area contributed by atoms with Crippen molar-refractivity contribution in [3.63, 3.8) is 0 Å². The normalized spacial score (nSPS) is 14.6. The van der Waals surface area contributed by atoms with E-state index in [1.165, 1.54) is 0 Å². The van der Waals surface area contributed by atoms with Crippen LogP contribution in [0.25, 0.3) is 0 Å². The first-order valence-corrected chi connectivity index (χ1v) is 6.27. The molecule has 3 N–H and O–H groups in total. The summed E-state index contributed by atoms with van der Waals surface area (Å²) in [7, 11) is 0. The fraction of sp³-hybridized carbons (Fsp3) is 0.462. The first-order valence-electron chi connectivity index (χ1n) is 6.27. The number of ether oxygens (including phenoxy) is 1. The lowest BCUT2D eigenvalue weighted by atomic mass is 10.3. The number of urea groups is 1. The number of anilines is 1. The molecular formula is C13H19N3O2. The van der Waals surface area contributed by atoms with Gasteiger partial charge in [0.15, 0.2) is 0 Å². The van der Waals surface area contributed by atoms with Crippen molar-refractivity contribution in [3.05, 3.63) is 24.3 Å². The summed E-state index contributed by atoms with van der Waals surface area (Å²) in [5.41, 5.74) is 6.29. The van der Waals surface area contributed by atoms with Crippen LogP contribution in [0.5, 0.6) is 5.75 Å². The summed E-state index contributed by atoms with van der Waals surface area (Å²) < 4.78 is 5.49. The van der Waals surface area contributed by atoms with Gasteiger partial charge < -0.3 is 20.7 Å². The van der Waals surface area contributed by atoms with Crippen molar-refractivity contribution in [2.75, 3.05) is 32.0 Å². The molecule has 0 bridgehead atoms. The van der Waals surface area contributed by atoms with E-state index in [2.05, 4.69) is 5.32 Å². The third-order valence-electron chi connectivity index (χ3n) is 2.92. The number of likely N-dealkylation sites (tertiary alicyclic amines) is 1. The first-order chi connectivity index (χ1) is 8.75. The van der Waals surface area contributed by atoms with Crippen LogP contribution in [-0.2, 0) is 0 Å². The lowest BCUT2D eigenvalue weighted by Crippen LogP contribution is -2.39. The average Bonchev–Trinajstić information content (AvgIpc) is 2.90. The van der Waals surface area contributed by atoms with Crippen LogP contribution in [0.1, 0.15) is 12.8 Å². The van der Waals surface area contributed by atoms with Gasteiger partial charge in [-0.3, -0.25) is 0 Å². The second-order valence-corrected chi connectivity index (χ2v) is 4.34. The topological polar surface area (TPSA) is 67.6 Å². The van der Waals surface area contributed by atoms with Gasteiger partial charge in [-0.25, -0.2) is 4.79 Å². The predicted octanol–water partition coefficient (Wildman–Crippen LogP) is 1.45. The fourth-order valence-corrected chi connectivity index (χ4v) is 1.92. The highest BCUT2D eigenvalue weighted by molar-refractivity contribution is 5.74. The van der Waals surface area contributed by atoms with Crippen molar-refractivity contribution in [1.29, 1.82) is 0 Å². The van der Waals surface area contributed by atoms with Crippen LogP contribution in [0.4, 0.5) is 10.5 Å². The van der Waals surface area contributed by atoms with Crippen LogP contribution in [0.3, 0.4) is 0 Å². The number of nitrogens with two attached hydrogens (primary N) is 1. The molecule has 1 aromatic rings. The molecule has 1 fully saturated rings. The molecule has 2 amide bonds. The molecule has 1 saturated heterocycles. The Bertz CT molecular complexity index is 386. The molecule has 5 heteroatoms. The molecule has 0 spiro atoms. The smallest absolute Gasteiger partial charge is 0.317 e. The number of carbonyl (C=O) groups is 1. The molecule has 2 rings (SSSR count). The van der Waals surface area contributed by atoms with Gasteiger partial charge in [-0.05, 0) is 37.1 Å². The van der Waals surface area contributed by atoms with E-state index in [9.17, 15) is 4.79 Å². The molecule has 0 saturated carbocycles. The van der Waals surface area contributed by atoms with Crippen LogP contribution >= 0.6 is 0 Å². The van der Waals surface area contributed by atoms with Crippen molar-refractivity contribution in [2.45, 2.75) is 12.8 Å². The molecule has 0 radical (unpaired) electrons. The number of hydrogen-bond donors (Lipinski definition) is 2. The fourth-order valence-electron chi connectivity index (χ4n) is 1.92. The Kier molecular flexibility index (Phi) is 4.28. The monoisotopic (exact) mass is 249 g/mol. The quantitative estimate of drug-likeness (QED) is 0.627. The van der Waals surface area contributed by atoms with E-state index in [-0.39, 0.29) is 6.03 Å². The summed E-state index contributed by atoms with van der Waals surface area (Å²) >= 11 is 0. The van der Waals surface area contributed by atoms with Gasteiger partial charge in [-0.15, -0.1) is 0 Å². The lowest BCUT2D eigenvalue weighted by Gasteiger charge is -2.16. The predicted molar refractivity (Wildman–Crippen MR) is 70.6 cm³/mol. The molecule has 0 aliphatic carbocycles. The molecule has 1 aliphatic rings. The molecule has 0 atom stereocenters. The highest BCUT2D eigenvalue weighted by Crippen LogP contribution is 2.12. The third-order valence-corrected chi connectivity index (χ3v) is 2.92. The number of nitrogens with one attached hydrogen (secondary N) is 1. The van der Waals surface area contributed by atoms with Crippen molar-refractivity contribution < 1.29 is 9.53 Å². The van der Waals surface area contributed by atoms with Crippen molar-refractivity contribution in [2.24, 2.45) is 0 Å². The average molecular weight is 249 g/mol. The highest BCUT2D eigenvalue weighted by Gasteiger charge is 2.16. The molecule has 0 aromatic heterocycles. The van der Waals surface area contributed by atoms with Crippen LogP contribution in [0.15, 0.2) is 24.3 Å². The Labute approximate surface area is 107 Å². The number of amides is 2. The van der Waals surface area contributed by atoms with Crippen molar-refractivity contribution in [3.8, 4) is 5.75 Å². The van der Waals surface area contributed by atoms with Gasteiger partial charge in [-0.2, -0.15) is 0 Å². The number of benzene rings is 1. The summed E-state index contributed by atoms with van der Waals surface area (Å²) in [6.07, 6.45) is 2.21. The van der Waals surface area contributed by atoms with E-state index in [1.54, 1.807) is 12.1 Å². The molecule has 18 heavy (non-hydrogen) atoms. The zero-order valence-corrected chi connectivity index (χ0v) is 10.4. The summed E-state index contributed by atoms with van der Waals surface area (Å²) in [6.45, 7) is 2.71. The summed E-state index contributed by atoms with van der Waals surface area (Å²) in [5.74, 6) is 0.764. The zero-order valence-electron chi connectivity index (χ0n) is 10.4. The zero-order chi connectivity index (χ0) is 12.8. The number of nitrogen functional groups attached to an aromatic ring is 1. The van der Waals surface area contributed by atoms with Crippen molar-refractivity contribution in [1.82, 2.24) is 10.2 Å². The Morgan fingerprint density at radius 1 is 1.28 bits per heavy atom. The summed E-state index contributed by atoms with van der Waals surface area (Å²) in [5, 5.41) is 2.84. The number of nitrogens with zero attached hydrogens (tertiary/aromatic N) is 1. The summed E-state index contributed by atoms with van der Waals surface area (Å²) in [4.78, 5) is 13.5. The van der Waals surface area contributed by atoms with Gasteiger partial charge in [0, 0.05) is 18.8 Å². The van der Waals surface area contributed by atoms with Crippen LogP contribution in [-0.4, -0.2) is 37.2 Å². The second-order valence-electron chi connectivity index (χ2n) is 4.34. The van der Waals surface area contributed by atoms with E-state index in [4.69, 9.17) is 10.5 Å². The number of carbonyl (C=O) groups excluding carboxylic acids is 1. The molecule has 98 valence electrons. The minimum atomic E-state index is 0.00778. The van der Waals surface area contributed by atoms with Gasteiger partial charge in [0.05, 0.1) is 6.54 Å². The minimum absolute atomic E-state index is 0.00778. The van der Waals surface area contributed by atoms with Gasteiger partial charge >= 0.3 is 6.03 Å². The van der Waals surface area contributed by atoms with Crippen LogP contribution < -0.4 is 15.8 Å². The van der Waals surface area contributed by atoms with Gasteiger partial charge in [0.1, 0.15) is 12.4 Å². The van der Waals surface area contributed by atoms with E-state index >= 15 is 0 Å². The maximum Gasteiger partial charge on any atom is 0.317 e. The molecule has 0 unspecified atom stereocenters. The van der Waals surface area contributed by atoms with Gasteiger partial charge in [0.2, 0.25) is 0 Å². The van der Waals surface area contributed by atoms with E-state index < -0.39 is 0 Å². The van der Waals surface area contributed by atoms with E-state index in [0.29, 0.717) is 18.8 Å². The number of hydrogen-bond acceptors (Lipinski definition) is 3. The Morgan fingerprint density at radius 3 is 2.61 bits per heavy atom. The molecule has 1 aromatic carbocycles. The summed E-state index contributed by atoms with van der Waals surface area (Å²) in [6, 6.07) is 7.22. The van der Waals surface area contributed by atoms with Crippen molar-refractivity contribution >= 4 is 11.7 Å². The van der Waals surface area contributed by atoms with Gasteiger partial charge in [0.25, 0.3) is 0 Å². The maximum absolute atomic E-state index is 11.6. The SMILES string of the molecule is Nc1ccc(OCCNC(=O)N2CCCC2)cc1. The standard InChI is InChI=1S/C13H19N3O2/c14-11-3-5-12(6-4-11)18-10-7-15-13(17)16-8-1-2-9-16/h3-6H,1-2,7-10,14H2,(H,15,17). The number of rotatable bonds is 4. The molecule has 1 heterocycles. The lowest BCUT2D eigenvalue weighted by molar-refractivity contribution is 0.205. The Balaban J connectivity index is 1.63. The van der Waals surface area contributed by atoms with E-state index in [1.807, 2.05) is 17.0 Å². The second kappa shape index (κ2) is 6.14. The molecule has 1 aliphatic heterocycles. The van der Waals surface area contributed by atoms with E-state index in [0.717, 1.165) is 31.7 Å². The Hall–Kier alpha value is -1.91. The van der Waals surface area contributed by atoms with Crippen LogP contribution in [0.2, 0.25) is 0 Å². The third kappa shape index (κ3) is 3.55. The largest absolute Gasteiger partial charge is 0.492 e. The van der Waals surface area contributed by atoms with Gasteiger partial charge in [-0.1, -0.05) is 0 Å².